The maximum absolute atomic E-state index is 12.4. The second-order valence-electron chi connectivity index (χ2n) is 6.09. The van der Waals surface area contributed by atoms with Gasteiger partial charge in [-0.3, -0.25) is 4.79 Å². The predicted molar refractivity (Wildman–Crippen MR) is 87.8 cm³/mol. The smallest absolute Gasteiger partial charge is 0.283 e. The van der Waals surface area contributed by atoms with Crippen molar-refractivity contribution in [3.05, 3.63) is 21.0 Å². The van der Waals surface area contributed by atoms with Crippen molar-refractivity contribution in [1.82, 2.24) is 15.1 Å². The number of piperidine rings is 1. The monoisotopic (exact) mass is 354 g/mol. The van der Waals surface area contributed by atoms with Crippen molar-refractivity contribution in [3.63, 3.8) is 0 Å². The van der Waals surface area contributed by atoms with Gasteiger partial charge in [0.15, 0.2) is 0 Å². The van der Waals surface area contributed by atoms with Gasteiger partial charge >= 0.3 is 0 Å². The second kappa shape index (κ2) is 6.48. The third-order valence-corrected chi connectivity index (χ3v) is 5.17. The first kappa shape index (κ1) is 15.0. The first-order valence-corrected chi connectivity index (χ1v) is 8.72. The van der Waals surface area contributed by atoms with Crippen molar-refractivity contribution in [3.8, 4) is 0 Å². The highest BCUT2D eigenvalue weighted by atomic mass is 79.9. The number of hydrogen-bond donors (Lipinski definition) is 1. The lowest BCUT2D eigenvalue weighted by atomic mass is 10.0. The van der Waals surface area contributed by atoms with Crippen molar-refractivity contribution >= 4 is 21.6 Å². The van der Waals surface area contributed by atoms with Gasteiger partial charge in [0.05, 0.1) is 11.9 Å². The van der Waals surface area contributed by atoms with Crippen molar-refractivity contribution in [2.24, 2.45) is 5.92 Å². The average molecular weight is 355 g/mol. The van der Waals surface area contributed by atoms with E-state index in [4.69, 9.17) is 0 Å². The zero-order valence-electron chi connectivity index (χ0n) is 12.5. The zero-order chi connectivity index (χ0) is 14.8. The van der Waals surface area contributed by atoms with E-state index in [9.17, 15) is 4.79 Å². The largest absolute Gasteiger partial charge is 0.369 e. The van der Waals surface area contributed by atoms with E-state index in [-0.39, 0.29) is 5.56 Å². The molecule has 1 saturated heterocycles. The Labute approximate surface area is 133 Å². The SMILES string of the molecule is CCNC1CCN(c2cnn(CC3CC3)c(=O)c2Br)CC1. The fourth-order valence-electron chi connectivity index (χ4n) is 2.97. The minimum atomic E-state index is 0.00760. The molecule has 1 saturated carbocycles. The molecular formula is C15H23BrN4O. The third-order valence-electron chi connectivity index (χ3n) is 4.42. The molecular weight excluding hydrogens is 332 g/mol. The van der Waals surface area contributed by atoms with Gasteiger partial charge in [-0.15, -0.1) is 0 Å². The molecule has 1 aliphatic carbocycles. The number of nitrogens with zero attached hydrogens (tertiary/aromatic N) is 3. The predicted octanol–water partition coefficient (Wildman–Crippen LogP) is 1.99. The molecule has 0 atom stereocenters. The third kappa shape index (κ3) is 3.48. The van der Waals surface area contributed by atoms with E-state index in [1.54, 1.807) is 4.68 Å². The summed E-state index contributed by atoms with van der Waals surface area (Å²) in [5, 5.41) is 7.87. The van der Waals surface area contributed by atoms with Crippen LogP contribution in [0, 0.1) is 5.92 Å². The molecule has 21 heavy (non-hydrogen) atoms. The maximum atomic E-state index is 12.4. The van der Waals surface area contributed by atoms with Crippen LogP contribution >= 0.6 is 15.9 Å². The Morgan fingerprint density at radius 3 is 2.67 bits per heavy atom. The van der Waals surface area contributed by atoms with Gasteiger partial charge in [-0.2, -0.15) is 5.10 Å². The Hall–Kier alpha value is -0.880. The number of halogens is 1. The Kier molecular flexibility index (Phi) is 4.64. The number of nitrogens with one attached hydrogen (secondary N) is 1. The molecule has 2 heterocycles. The van der Waals surface area contributed by atoms with Gasteiger partial charge in [0, 0.05) is 25.7 Å². The first-order valence-electron chi connectivity index (χ1n) is 7.93. The first-order chi connectivity index (χ1) is 10.2. The van der Waals surface area contributed by atoms with Gasteiger partial charge in [0.25, 0.3) is 5.56 Å². The van der Waals surface area contributed by atoms with Crippen LogP contribution in [0.25, 0.3) is 0 Å². The van der Waals surface area contributed by atoms with Crippen LogP contribution in [0.1, 0.15) is 32.6 Å². The lowest BCUT2D eigenvalue weighted by Crippen LogP contribution is -2.43. The summed E-state index contributed by atoms with van der Waals surface area (Å²) in [5.41, 5.74) is 0.954. The van der Waals surface area contributed by atoms with Gasteiger partial charge in [0.1, 0.15) is 4.47 Å². The Bertz CT molecular complexity index is 547. The Balaban J connectivity index is 1.71. The summed E-state index contributed by atoms with van der Waals surface area (Å²) in [6.45, 7) is 5.88. The Morgan fingerprint density at radius 2 is 2.05 bits per heavy atom. The second-order valence-corrected chi connectivity index (χ2v) is 6.89. The summed E-state index contributed by atoms with van der Waals surface area (Å²) in [6, 6.07) is 0.605. The van der Waals surface area contributed by atoms with E-state index in [2.05, 4.69) is 38.2 Å². The van der Waals surface area contributed by atoms with E-state index in [1.807, 2.05) is 6.20 Å². The highest BCUT2D eigenvalue weighted by Crippen LogP contribution is 2.30. The molecule has 3 rings (SSSR count). The van der Waals surface area contributed by atoms with E-state index in [0.29, 0.717) is 16.4 Å². The minimum absolute atomic E-state index is 0.00760. The van der Waals surface area contributed by atoms with Crippen molar-refractivity contribution in [2.45, 2.75) is 45.2 Å². The fraction of sp³-hybridized carbons (Fsp3) is 0.733. The van der Waals surface area contributed by atoms with Crippen molar-refractivity contribution in [2.75, 3.05) is 24.5 Å². The molecule has 1 aliphatic heterocycles. The van der Waals surface area contributed by atoms with E-state index in [0.717, 1.165) is 44.7 Å². The standard InChI is InChI=1S/C15H23BrN4O/c1-2-17-12-5-7-19(8-6-12)13-9-18-20(10-11-3-4-11)15(21)14(13)16/h9,11-12,17H,2-8,10H2,1H3. The maximum Gasteiger partial charge on any atom is 0.283 e. The lowest BCUT2D eigenvalue weighted by Gasteiger charge is -2.34. The van der Waals surface area contributed by atoms with Crippen LogP contribution in [-0.4, -0.2) is 35.5 Å². The summed E-state index contributed by atoms with van der Waals surface area (Å²) in [5.74, 6) is 0.656. The summed E-state index contributed by atoms with van der Waals surface area (Å²) in [6.07, 6.45) is 6.54. The number of hydrogen-bond acceptors (Lipinski definition) is 4. The fourth-order valence-corrected chi connectivity index (χ4v) is 3.52. The summed E-state index contributed by atoms with van der Waals surface area (Å²) in [4.78, 5) is 14.6. The summed E-state index contributed by atoms with van der Waals surface area (Å²) in [7, 11) is 0. The van der Waals surface area contributed by atoms with Crippen LogP contribution in [0.15, 0.2) is 15.5 Å². The number of anilines is 1. The average Bonchev–Trinajstić information content (AvgIpc) is 3.30. The molecule has 0 bridgehead atoms. The van der Waals surface area contributed by atoms with Gasteiger partial charge in [-0.25, -0.2) is 4.68 Å². The van der Waals surface area contributed by atoms with Crippen molar-refractivity contribution in [1.29, 1.82) is 0 Å². The summed E-state index contributed by atoms with van der Waals surface area (Å²) < 4.78 is 2.27. The number of rotatable bonds is 5. The molecule has 116 valence electrons. The van der Waals surface area contributed by atoms with Crippen LogP contribution in [0.4, 0.5) is 5.69 Å². The molecule has 0 amide bonds. The lowest BCUT2D eigenvalue weighted by molar-refractivity contribution is 0.422. The van der Waals surface area contributed by atoms with Crippen LogP contribution in [0.2, 0.25) is 0 Å². The number of aromatic nitrogens is 2. The molecule has 1 aromatic rings. The molecule has 0 radical (unpaired) electrons. The van der Waals surface area contributed by atoms with Crippen LogP contribution in [0.3, 0.4) is 0 Å². The topological polar surface area (TPSA) is 50.2 Å². The molecule has 5 nitrogen and oxygen atoms in total. The quantitative estimate of drug-likeness (QED) is 0.878. The molecule has 1 N–H and O–H groups in total. The van der Waals surface area contributed by atoms with Gasteiger partial charge in [-0.05, 0) is 54.1 Å². The molecule has 0 spiro atoms. The molecule has 2 aliphatic rings. The van der Waals surface area contributed by atoms with Gasteiger partial charge in [0.2, 0.25) is 0 Å². The van der Waals surface area contributed by atoms with Crippen molar-refractivity contribution < 1.29 is 0 Å². The molecule has 0 aromatic carbocycles. The normalized spacial score (nSPS) is 20.0. The van der Waals surface area contributed by atoms with E-state index < -0.39 is 0 Å². The molecule has 0 unspecified atom stereocenters. The van der Waals surface area contributed by atoms with Gasteiger partial charge in [-0.1, -0.05) is 6.92 Å². The molecule has 2 fully saturated rings. The van der Waals surface area contributed by atoms with Crippen LogP contribution in [-0.2, 0) is 6.54 Å². The molecule has 1 aromatic heterocycles. The highest BCUT2D eigenvalue weighted by Gasteiger charge is 2.25. The van der Waals surface area contributed by atoms with Gasteiger partial charge < -0.3 is 10.2 Å². The minimum Gasteiger partial charge on any atom is -0.369 e. The highest BCUT2D eigenvalue weighted by molar-refractivity contribution is 9.10. The zero-order valence-corrected chi connectivity index (χ0v) is 14.1. The Morgan fingerprint density at radius 1 is 1.33 bits per heavy atom. The summed E-state index contributed by atoms with van der Waals surface area (Å²) >= 11 is 3.49. The van der Waals surface area contributed by atoms with Crippen LogP contribution < -0.4 is 15.8 Å². The van der Waals surface area contributed by atoms with Crippen LogP contribution in [0.5, 0.6) is 0 Å². The van der Waals surface area contributed by atoms with E-state index in [1.165, 1.54) is 12.8 Å². The molecule has 6 heteroatoms. The van der Waals surface area contributed by atoms with E-state index >= 15 is 0 Å².